The van der Waals surface area contributed by atoms with Crippen LogP contribution >= 0.6 is 0 Å². The van der Waals surface area contributed by atoms with Crippen LogP contribution in [0.3, 0.4) is 0 Å². The molecule has 0 unspecified atom stereocenters. The van der Waals surface area contributed by atoms with Crippen LogP contribution in [0.2, 0.25) is 0 Å². The molecule has 0 radical (unpaired) electrons. The van der Waals surface area contributed by atoms with Gasteiger partial charge in [0.1, 0.15) is 23.9 Å². The highest BCUT2D eigenvalue weighted by Crippen LogP contribution is 2.27. The molecule has 0 fully saturated rings. The minimum Gasteiger partial charge on any atom is -0.488 e. The van der Waals surface area contributed by atoms with Crippen molar-refractivity contribution in [2.45, 2.75) is 6.61 Å². The zero-order valence-corrected chi connectivity index (χ0v) is 15.5. The largest absolute Gasteiger partial charge is 0.488 e. The van der Waals surface area contributed by atoms with Crippen LogP contribution in [0.15, 0.2) is 52.1 Å². The van der Waals surface area contributed by atoms with Crippen LogP contribution in [0.25, 0.3) is 12.2 Å². The first kappa shape index (κ1) is 21.1. The molecule has 0 saturated carbocycles. The Morgan fingerprint density at radius 3 is 2.32 bits per heavy atom. The number of nitrogens with zero attached hydrogens (tertiary/aromatic N) is 2. The topological polar surface area (TPSA) is 161 Å². The Labute approximate surface area is 171 Å². The molecule has 0 aliphatic heterocycles. The van der Waals surface area contributed by atoms with Gasteiger partial charge in [-0.3, -0.25) is 30.0 Å². The molecule has 31 heavy (non-hydrogen) atoms. The fraction of sp³-hybridized carbons (Fsp3) is 0.0526. The zero-order valence-electron chi connectivity index (χ0n) is 15.5. The summed E-state index contributed by atoms with van der Waals surface area (Å²) in [5.74, 6) is -0.239. The molecule has 1 aromatic heterocycles. The van der Waals surface area contributed by atoms with Gasteiger partial charge in [0, 0.05) is 17.7 Å². The molecule has 2 N–H and O–H groups in total. The van der Waals surface area contributed by atoms with Gasteiger partial charge in [0.15, 0.2) is 0 Å². The Balaban J connectivity index is 1.99. The number of H-pyrrole nitrogens is 2. The maximum atomic E-state index is 13.0. The number of aromatic amines is 2. The average Bonchev–Trinajstić information content (AvgIpc) is 2.71. The SMILES string of the molecule is O=c1[nH]c(/C=C/c2cc([N+](=O)[O-])ccc2OCc2ccc(F)cc2)c([N+](=O)[O-])c(=O)[nH]1. The second kappa shape index (κ2) is 8.82. The Morgan fingerprint density at radius 1 is 0.968 bits per heavy atom. The third-order valence-electron chi connectivity index (χ3n) is 4.07. The second-order valence-corrected chi connectivity index (χ2v) is 6.16. The molecular formula is C19H13FN4O7. The van der Waals surface area contributed by atoms with Crippen LogP contribution in [0.4, 0.5) is 15.8 Å². The number of hydrogen-bond acceptors (Lipinski definition) is 7. The number of non-ortho nitro benzene ring substituents is 1. The Kier molecular flexibility index (Phi) is 6.00. The summed E-state index contributed by atoms with van der Waals surface area (Å²) in [4.78, 5) is 47.7. The van der Waals surface area contributed by atoms with E-state index in [4.69, 9.17) is 4.74 Å². The summed E-state index contributed by atoms with van der Waals surface area (Å²) in [5.41, 5.74) is -2.93. The van der Waals surface area contributed by atoms with E-state index in [1.807, 2.05) is 0 Å². The monoisotopic (exact) mass is 428 g/mol. The van der Waals surface area contributed by atoms with Crippen LogP contribution in [0.1, 0.15) is 16.8 Å². The van der Waals surface area contributed by atoms with Gasteiger partial charge in [-0.15, -0.1) is 0 Å². The van der Waals surface area contributed by atoms with Crippen molar-refractivity contribution in [3.05, 3.63) is 106 Å². The average molecular weight is 428 g/mol. The van der Waals surface area contributed by atoms with Crippen LogP contribution < -0.4 is 16.0 Å². The third-order valence-corrected chi connectivity index (χ3v) is 4.07. The van der Waals surface area contributed by atoms with Crippen molar-refractivity contribution in [1.29, 1.82) is 0 Å². The number of nitro benzene ring substituents is 1. The lowest BCUT2D eigenvalue weighted by molar-refractivity contribution is -0.386. The summed E-state index contributed by atoms with van der Waals surface area (Å²) >= 11 is 0. The highest BCUT2D eigenvalue weighted by Gasteiger charge is 2.19. The summed E-state index contributed by atoms with van der Waals surface area (Å²) in [5, 5.41) is 22.3. The first-order valence-electron chi connectivity index (χ1n) is 8.59. The fourth-order valence-electron chi connectivity index (χ4n) is 2.63. The number of rotatable bonds is 7. The van der Waals surface area contributed by atoms with Gasteiger partial charge in [-0.2, -0.15) is 0 Å². The van der Waals surface area contributed by atoms with Crippen molar-refractivity contribution >= 4 is 23.5 Å². The third kappa shape index (κ3) is 5.06. The van der Waals surface area contributed by atoms with Crippen LogP contribution in [-0.2, 0) is 6.61 Å². The smallest absolute Gasteiger partial charge is 0.357 e. The van der Waals surface area contributed by atoms with Gasteiger partial charge in [-0.1, -0.05) is 12.1 Å². The summed E-state index contributed by atoms with van der Waals surface area (Å²) in [6.07, 6.45) is 2.29. The van der Waals surface area contributed by atoms with E-state index < -0.39 is 38.3 Å². The summed E-state index contributed by atoms with van der Waals surface area (Å²) < 4.78 is 18.7. The van der Waals surface area contributed by atoms with E-state index in [1.165, 1.54) is 42.5 Å². The number of halogens is 1. The lowest BCUT2D eigenvalue weighted by Gasteiger charge is -2.09. The van der Waals surface area contributed by atoms with E-state index >= 15 is 0 Å². The molecule has 3 rings (SSSR count). The van der Waals surface area contributed by atoms with Gasteiger partial charge in [0.25, 0.3) is 5.69 Å². The molecular weight excluding hydrogens is 415 g/mol. The Hall–Kier alpha value is -4.61. The summed E-state index contributed by atoms with van der Waals surface area (Å²) in [7, 11) is 0. The normalized spacial score (nSPS) is 10.9. The molecule has 0 atom stereocenters. The van der Waals surface area contributed by atoms with E-state index in [-0.39, 0.29) is 23.6 Å². The Bertz CT molecular complexity index is 1300. The van der Waals surface area contributed by atoms with E-state index in [0.717, 1.165) is 12.1 Å². The maximum absolute atomic E-state index is 13.0. The maximum Gasteiger partial charge on any atom is 0.357 e. The predicted molar refractivity (Wildman–Crippen MR) is 107 cm³/mol. The molecule has 2 aromatic carbocycles. The van der Waals surface area contributed by atoms with Crippen molar-refractivity contribution < 1.29 is 19.0 Å². The number of ether oxygens (including phenoxy) is 1. The predicted octanol–water partition coefficient (Wildman–Crippen LogP) is 2.77. The Morgan fingerprint density at radius 2 is 1.68 bits per heavy atom. The minimum absolute atomic E-state index is 0.0148. The lowest BCUT2D eigenvalue weighted by atomic mass is 10.1. The van der Waals surface area contributed by atoms with Gasteiger partial charge in [-0.25, -0.2) is 9.18 Å². The first-order chi connectivity index (χ1) is 14.7. The van der Waals surface area contributed by atoms with Crippen molar-refractivity contribution in [1.82, 2.24) is 9.97 Å². The van der Waals surface area contributed by atoms with Crippen LogP contribution in [0, 0.1) is 26.0 Å². The quantitative estimate of drug-likeness (QED) is 0.432. The second-order valence-electron chi connectivity index (χ2n) is 6.16. The van der Waals surface area contributed by atoms with Crippen molar-refractivity contribution in [2.75, 3.05) is 0 Å². The molecule has 158 valence electrons. The van der Waals surface area contributed by atoms with Crippen molar-refractivity contribution in [3.63, 3.8) is 0 Å². The van der Waals surface area contributed by atoms with E-state index in [0.29, 0.717) is 5.56 Å². The number of benzene rings is 2. The zero-order chi connectivity index (χ0) is 22.5. The molecule has 0 aliphatic rings. The summed E-state index contributed by atoms with van der Waals surface area (Å²) in [6, 6.07) is 9.19. The molecule has 0 amide bonds. The molecule has 3 aromatic rings. The van der Waals surface area contributed by atoms with Crippen LogP contribution in [0.5, 0.6) is 5.75 Å². The van der Waals surface area contributed by atoms with Gasteiger partial charge in [-0.05, 0) is 35.9 Å². The molecule has 1 heterocycles. The number of nitro groups is 2. The van der Waals surface area contributed by atoms with E-state index in [9.17, 15) is 34.2 Å². The highest BCUT2D eigenvalue weighted by molar-refractivity contribution is 5.75. The van der Waals surface area contributed by atoms with Gasteiger partial charge >= 0.3 is 16.9 Å². The molecule has 0 bridgehead atoms. The lowest BCUT2D eigenvalue weighted by Crippen LogP contribution is -2.25. The van der Waals surface area contributed by atoms with Crippen molar-refractivity contribution in [3.8, 4) is 5.75 Å². The number of hydrogen-bond donors (Lipinski definition) is 2. The molecule has 0 aliphatic carbocycles. The van der Waals surface area contributed by atoms with Gasteiger partial charge < -0.3 is 9.72 Å². The molecule has 11 nitrogen and oxygen atoms in total. The fourth-order valence-corrected chi connectivity index (χ4v) is 2.63. The van der Waals surface area contributed by atoms with Crippen LogP contribution in [-0.4, -0.2) is 19.8 Å². The van der Waals surface area contributed by atoms with Crippen molar-refractivity contribution in [2.24, 2.45) is 0 Å². The number of aromatic nitrogens is 2. The minimum atomic E-state index is -1.19. The standard InChI is InChI=1S/C19H13FN4O7/c20-13-4-1-11(2-5-13)10-31-16-8-6-14(23(27)28)9-12(16)3-7-15-17(24(29)30)18(25)22-19(26)21-15/h1-9H,10H2,(H2,21,22,25,26)/b7-3+. The van der Waals surface area contributed by atoms with Gasteiger partial charge in [0.2, 0.25) is 0 Å². The van der Waals surface area contributed by atoms with E-state index in [1.54, 1.807) is 4.98 Å². The molecule has 0 saturated heterocycles. The van der Waals surface area contributed by atoms with E-state index in [2.05, 4.69) is 4.98 Å². The molecule has 0 spiro atoms. The highest BCUT2D eigenvalue weighted by atomic mass is 19.1. The van der Waals surface area contributed by atoms with Gasteiger partial charge in [0.05, 0.1) is 9.85 Å². The molecule has 12 heteroatoms. The first-order valence-corrected chi connectivity index (χ1v) is 8.59. The number of nitrogens with one attached hydrogen (secondary N) is 2. The summed E-state index contributed by atoms with van der Waals surface area (Å²) in [6.45, 7) is 0.0148.